The smallest absolute Gasteiger partial charge is 0.317 e. The van der Waals surface area contributed by atoms with Crippen LogP contribution in [0, 0.1) is 5.92 Å². The highest BCUT2D eigenvalue weighted by atomic mass is 79.9. The molecule has 3 saturated heterocycles. The molecule has 2 bridgehead atoms. The van der Waals surface area contributed by atoms with Crippen molar-refractivity contribution in [2.24, 2.45) is 5.92 Å². The average molecular weight is 549 g/mol. The minimum atomic E-state index is -0.483. The lowest BCUT2D eigenvalue weighted by Gasteiger charge is -2.52. The first-order valence-corrected chi connectivity index (χ1v) is 13.4. The van der Waals surface area contributed by atoms with Gasteiger partial charge in [0.25, 0.3) is 0 Å². The topological polar surface area (TPSA) is 69.2 Å². The van der Waals surface area contributed by atoms with Gasteiger partial charge in [0.15, 0.2) is 11.9 Å². The van der Waals surface area contributed by atoms with Gasteiger partial charge < -0.3 is 26.2 Å². The minimum absolute atomic E-state index is 0. The van der Waals surface area contributed by atoms with Gasteiger partial charge >= 0.3 is 5.97 Å². The number of fused-ring (bicyclic) bond motifs is 3. The summed E-state index contributed by atoms with van der Waals surface area (Å²) in [6.45, 7) is 3.26. The van der Waals surface area contributed by atoms with Crippen molar-refractivity contribution in [2.75, 3.05) is 26.2 Å². The number of nitrogens with zero attached hydrogens (tertiary/aromatic N) is 3. The van der Waals surface area contributed by atoms with Crippen molar-refractivity contribution in [3.05, 3.63) is 46.4 Å². The molecule has 3 aliphatic heterocycles. The maximum Gasteiger partial charge on any atom is 0.317 e. The molecule has 34 heavy (non-hydrogen) atoms. The molecular weight excluding hydrogens is 514 g/mol. The van der Waals surface area contributed by atoms with E-state index in [9.17, 15) is 9.59 Å². The third-order valence-electron chi connectivity index (χ3n) is 8.16. The van der Waals surface area contributed by atoms with Gasteiger partial charge in [-0.25, -0.2) is 0 Å². The Balaban J connectivity index is 0.00000274. The summed E-state index contributed by atoms with van der Waals surface area (Å²) in [5.41, 5.74) is 0.241. The summed E-state index contributed by atoms with van der Waals surface area (Å²) in [5.74, 6) is 0.601. The van der Waals surface area contributed by atoms with E-state index in [1.54, 1.807) is 17.5 Å². The number of hydrogen-bond donors (Lipinski definition) is 0. The molecular formula is C26H34BrN3O3S. The first-order chi connectivity index (χ1) is 16.1. The zero-order chi connectivity index (χ0) is 22.7. The molecule has 0 amide bonds. The molecule has 0 N–H and O–H groups in total. The number of carbonyl (C=O) groups excluding carboxylic acids is 2. The zero-order valence-corrected chi connectivity index (χ0v) is 22.1. The first kappa shape index (κ1) is 25.5. The monoisotopic (exact) mass is 547 g/mol. The molecule has 2 aromatic heterocycles. The molecule has 5 heterocycles. The largest absolute Gasteiger partial charge is 1.00 e. The van der Waals surface area contributed by atoms with Crippen molar-refractivity contribution in [1.29, 1.82) is 0 Å². The second-order valence-electron chi connectivity index (χ2n) is 10.3. The number of aromatic nitrogens is 2. The quantitative estimate of drug-likeness (QED) is 0.295. The number of rotatable bonds is 7. The predicted octanol–water partition coefficient (Wildman–Crippen LogP) is 1.10. The number of thiophene rings is 1. The van der Waals surface area contributed by atoms with Gasteiger partial charge in [-0.2, -0.15) is 10.2 Å². The Morgan fingerprint density at radius 1 is 1.09 bits per heavy atom. The maximum atomic E-state index is 13.8. The Bertz CT molecular complexity index is 953. The lowest BCUT2D eigenvalue weighted by molar-refractivity contribution is -0.939. The molecule has 4 fully saturated rings. The summed E-state index contributed by atoms with van der Waals surface area (Å²) in [7, 11) is 0. The summed E-state index contributed by atoms with van der Waals surface area (Å²) in [6, 6.07) is 7.85. The molecule has 6 rings (SSSR count). The van der Waals surface area contributed by atoms with Crippen LogP contribution in [0.1, 0.15) is 61.9 Å². The van der Waals surface area contributed by atoms with Crippen molar-refractivity contribution in [2.45, 2.75) is 69.3 Å². The van der Waals surface area contributed by atoms with Gasteiger partial charge in [0.1, 0.15) is 18.5 Å². The average Bonchev–Trinajstić information content (AvgIpc) is 3.25. The van der Waals surface area contributed by atoms with Crippen LogP contribution in [-0.2, 0) is 26.2 Å². The van der Waals surface area contributed by atoms with Crippen LogP contribution < -0.4 is 17.0 Å². The number of ketones is 1. The molecule has 6 nitrogen and oxygen atoms in total. The van der Waals surface area contributed by atoms with E-state index in [2.05, 4.69) is 27.7 Å². The molecule has 0 radical (unpaired) electrons. The number of ether oxygens (including phenoxy) is 1. The normalized spacial score (nSPS) is 27.9. The fourth-order valence-corrected chi connectivity index (χ4v) is 7.29. The van der Waals surface area contributed by atoms with E-state index in [0.29, 0.717) is 18.9 Å². The fraction of sp³-hybridized carbons (Fsp3) is 0.615. The van der Waals surface area contributed by atoms with Crippen LogP contribution in [0.2, 0.25) is 0 Å². The second-order valence-corrected chi connectivity index (χ2v) is 11.3. The summed E-state index contributed by atoms with van der Waals surface area (Å²) < 4.78 is 7.14. The van der Waals surface area contributed by atoms with Gasteiger partial charge in [-0.3, -0.25) is 9.59 Å². The van der Waals surface area contributed by atoms with Crippen LogP contribution >= 0.6 is 11.3 Å². The Morgan fingerprint density at radius 2 is 1.85 bits per heavy atom. The summed E-state index contributed by atoms with van der Waals surface area (Å²) in [6.07, 6.45) is 10.3. The number of piperidine rings is 3. The number of hydrogen-bond acceptors (Lipinski definition) is 6. The molecule has 1 saturated carbocycles. The van der Waals surface area contributed by atoms with Crippen molar-refractivity contribution < 1.29 is 35.8 Å². The minimum Gasteiger partial charge on any atom is -1.00 e. The fourth-order valence-electron chi connectivity index (χ4n) is 6.32. The van der Waals surface area contributed by atoms with Crippen LogP contribution in [0.4, 0.5) is 0 Å². The van der Waals surface area contributed by atoms with E-state index in [4.69, 9.17) is 4.74 Å². The lowest BCUT2D eigenvalue weighted by Crippen LogP contribution is -3.00. The maximum absolute atomic E-state index is 13.8. The van der Waals surface area contributed by atoms with Crippen molar-refractivity contribution in [3.8, 4) is 0 Å². The lowest BCUT2D eigenvalue weighted by atomic mass is 9.78. The Morgan fingerprint density at radius 3 is 2.50 bits per heavy atom. The van der Waals surface area contributed by atoms with Gasteiger partial charge in [-0.15, -0.1) is 11.3 Å². The van der Waals surface area contributed by atoms with Gasteiger partial charge in [-0.05, 0) is 36.4 Å². The van der Waals surface area contributed by atoms with E-state index in [-0.39, 0.29) is 34.8 Å². The van der Waals surface area contributed by atoms with Gasteiger partial charge in [0.05, 0.1) is 25.2 Å². The summed E-state index contributed by atoms with van der Waals surface area (Å²) >= 11 is 1.69. The number of esters is 1. The van der Waals surface area contributed by atoms with Crippen LogP contribution in [0.25, 0.3) is 0 Å². The number of halogens is 1. The van der Waals surface area contributed by atoms with E-state index in [0.717, 1.165) is 68.3 Å². The molecule has 2 aromatic rings. The van der Waals surface area contributed by atoms with E-state index in [1.165, 1.54) is 17.7 Å². The third-order valence-corrected chi connectivity index (χ3v) is 9.23. The van der Waals surface area contributed by atoms with Crippen LogP contribution in [0.5, 0.6) is 0 Å². The summed E-state index contributed by atoms with van der Waals surface area (Å²) in [4.78, 5) is 27.8. The Hall–Kier alpha value is -1.64. The highest BCUT2D eigenvalue weighted by Crippen LogP contribution is 2.43. The standard InChI is InChI=1S/C26H34N3O3S.BrH/c30-22(17-21-7-5-13-27-28-21)18-29-14-9-20(10-15-29)23(19-29)32-25(31)26(24-8-6-16-33-24)11-3-1-2-4-12-26;/h5-8,13,16,20,23H,1-4,9-12,14-15,17-19H2;1H/q+1;/p-1/t20?,23-,29?;/m0./s1. The molecule has 1 aliphatic carbocycles. The number of carbonyl (C=O) groups is 2. The van der Waals surface area contributed by atoms with Crippen LogP contribution in [0.3, 0.4) is 0 Å². The van der Waals surface area contributed by atoms with Crippen molar-refractivity contribution >= 4 is 23.1 Å². The molecule has 0 unspecified atom stereocenters. The number of quaternary nitrogens is 1. The van der Waals surface area contributed by atoms with Crippen molar-refractivity contribution in [1.82, 2.24) is 10.2 Å². The van der Waals surface area contributed by atoms with Crippen LogP contribution in [-0.4, -0.2) is 58.7 Å². The second kappa shape index (κ2) is 11.0. The first-order valence-electron chi connectivity index (χ1n) is 12.5. The van der Waals surface area contributed by atoms with E-state index in [1.807, 2.05) is 12.1 Å². The van der Waals surface area contributed by atoms with Crippen LogP contribution in [0.15, 0.2) is 35.8 Å². The molecule has 1 atom stereocenters. The molecule has 0 aromatic carbocycles. The molecule has 8 heteroatoms. The molecule has 0 spiro atoms. The van der Waals surface area contributed by atoms with E-state index < -0.39 is 5.41 Å². The van der Waals surface area contributed by atoms with Gasteiger partial charge in [0, 0.05) is 29.8 Å². The Labute approximate surface area is 216 Å². The van der Waals surface area contributed by atoms with Gasteiger partial charge in [0.2, 0.25) is 0 Å². The van der Waals surface area contributed by atoms with Gasteiger partial charge in [-0.1, -0.05) is 31.7 Å². The Kier molecular flexibility index (Phi) is 8.20. The number of Topliss-reactive ketones (excluding diaryl/α,β-unsaturated/α-hetero) is 1. The highest BCUT2D eigenvalue weighted by Gasteiger charge is 2.51. The highest BCUT2D eigenvalue weighted by molar-refractivity contribution is 7.10. The SMILES string of the molecule is O=C(Cc1cccnn1)C[N+]12CCC(CC1)[C@@H](OC(=O)C1(c3cccs3)CCCCCC1)C2.[Br-]. The molecule has 184 valence electrons. The van der Waals surface area contributed by atoms with E-state index >= 15 is 0 Å². The third kappa shape index (κ3) is 5.29. The molecule has 4 aliphatic rings. The van der Waals surface area contributed by atoms with Crippen molar-refractivity contribution in [3.63, 3.8) is 0 Å². The predicted molar refractivity (Wildman–Crippen MR) is 127 cm³/mol. The zero-order valence-electron chi connectivity index (χ0n) is 19.7. The summed E-state index contributed by atoms with van der Waals surface area (Å²) in [5, 5.41) is 10.0.